The predicted octanol–water partition coefficient (Wildman–Crippen LogP) is 5.05. The van der Waals surface area contributed by atoms with E-state index in [2.05, 4.69) is 10.1 Å². The molecule has 0 bridgehead atoms. The smallest absolute Gasteiger partial charge is 0.303 e. The number of hydrogen-bond acceptors (Lipinski definition) is 5. The second-order valence-corrected chi connectivity index (χ2v) is 9.29. The first-order chi connectivity index (χ1) is 18.4. The zero-order chi connectivity index (χ0) is 26.8. The normalized spacial score (nSPS) is 14.9. The Morgan fingerprint density at radius 3 is 2.55 bits per heavy atom. The number of hydrogen-bond donors (Lipinski definition) is 2. The molecule has 3 aromatic carbocycles. The van der Waals surface area contributed by atoms with Crippen molar-refractivity contribution in [2.45, 2.75) is 32.2 Å². The number of benzene rings is 3. The number of ether oxygens (including phenoxy) is 1. The van der Waals surface area contributed by atoms with Crippen molar-refractivity contribution in [2.24, 2.45) is 5.10 Å². The number of nitrogens with zero attached hydrogens (tertiary/aromatic N) is 2. The third kappa shape index (κ3) is 4.80. The molecule has 38 heavy (non-hydrogen) atoms. The lowest BCUT2D eigenvalue weighted by Gasteiger charge is -2.22. The maximum Gasteiger partial charge on any atom is 0.303 e. The highest BCUT2D eigenvalue weighted by Crippen LogP contribution is 2.38. The van der Waals surface area contributed by atoms with E-state index in [1.165, 1.54) is 5.01 Å². The van der Waals surface area contributed by atoms with Gasteiger partial charge < -0.3 is 14.8 Å². The molecule has 1 atom stereocenters. The Labute approximate surface area is 219 Å². The number of aliphatic carboxylic acids is 1. The van der Waals surface area contributed by atoms with E-state index in [1.54, 1.807) is 13.2 Å². The first-order valence-corrected chi connectivity index (χ1v) is 12.3. The van der Waals surface area contributed by atoms with Crippen molar-refractivity contribution in [2.75, 3.05) is 7.11 Å². The SMILES string of the molecule is COc1cccc([C@@H]2CC(c3c(-c4ccccc4)c4cc(C)ccc4[nH]c3=O)=NN2C(=O)CCC(=O)O)c1. The Morgan fingerprint density at radius 1 is 1.03 bits per heavy atom. The van der Waals surface area contributed by atoms with Gasteiger partial charge >= 0.3 is 5.97 Å². The molecule has 8 nitrogen and oxygen atoms in total. The number of H-pyrrole nitrogens is 1. The number of pyridine rings is 1. The Balaban J connectivity index is 1.70. The number of carbonyl (C=O) groups is 2. The molecule has 0 spiro atoms. The van der Waals surface area contributed by atoms with Gasteiger partial charge in [-0.3, -0.25) is 14.4 Å². The van der Waals surface area contributed by atoms with Gasteiger partial charge in [-0.15, -0.1) is 0 Å². The molecule has 0 fully saturated rings. The topological polar surface area (TPSA) is 112 Å². The molecule has 0 radical (unpaired) electrons. The van der Waals surface area contributed by atoms with Gasteiger partial charge in [0.2, 0.25) is 5.91 Å². The van der Waals surface area contributed by atoms with Gasteiger partial charge in [-0.05, 0) is 42.3 Å². The molecule has 0 saturated heterocycles. The molecule has 1 aromatic heterocycles. The summed E-state index contributed by atoms with van der Waals surface area (Å²) in [6.07, 6.45) is -0.228. The van der Waals surface area contributed by atoms with Crippen LogP contribution in [0.4, 0.5) is 0 Å². The number of rotatable bonds is 7. The number of aryl methyl sites for hydroxylation is 1. The standard InChI is InChI=1S/C30H27N3O5/c1-18-11-12-23-22(15-18)28(19-7-4-3-5-8-19)29(30(37)31-23)24-17-25(20-9-6-10-21(16-20)38-2)33(32-24)26(34)13-14-27(35)36/h3-12,15-16,25H,13-14,17H2,1-2H3,(H,31,37)(H,35,36)/t25-/m0/s1. The van der Waals surface area contributed by atoms with E-state index in [0.29, 0.717) is 22.5 Å². The van der Waals surface area contributed by atoms with Crippen LogP contribution in [0, 0.1) is 6.92 Å². The lowest BCUT2D eigenvalue weighted by molar-refractivity contribution is -0.141. The third-order valence-corrected chi connectivity index (χ3v) is 6.72. The van der Waals surface area contributed by atoms with Crippen LogP contribution in [0.5, 0.6) is 5.75 Å². The van der Waals surface area contributed by atoms with Crippen LogP contribution in [-0.2, 0) is 9.59 Å². The average Bonchev–Trinajstić information content (AvgIpc) is 3.37. The maximum absolute atomic E-state index is 13.6. The summed E-state index contributed by atoms with van der Waals surface area (Å²) in [5, 5.41) is 16.0. The fourth-order valence-corrected chi connectivity index (χ4v) is 4.92. The van der Waals surface area contributed by atoms with Crippen molar-refractivity contribution in [1.82, 2.24) is 9.99 Å². The van der Waals surface area contributed by atoms with E-state index in [-0.39, 0.29) is 24.8 Å². The monoisotopic (exact) mass is 509 g/mol. The molecule has 1 aliphatic heterocycles. The van der Waals surface area contributed by atoms with Gasteiger partial charge in [0.1, 0.15) is 5.75 Å². The molecule has 4 aromatic rings. The minimum atomic E-state index is -1.06. The summed E-state index contributed by atoms with van der Waals surface area (Å²) in [5.41, 5.74) is 4.70. The van der Waals surface area contributed by atoms with Crippen molar-refractivity contribution < 1.29 is 19.4 Å². The molecule has 8 heteroatoms. The van der Waals surface area contributed by atoms with E-state index in [9.17, 15) is 14.4 Å². The van der Waals surface area contributed by atoms with E-state index < -0.39 is 17.9 Å². The average molecular weight is 510 g/mol. The van der Waals surface area contributed by atoms with E-state index >= 15 is 0 Å². The molecular weight excluding hydrogens is 482 g/mol. The molecule has 1 amide bonds. The highest BCUT2D eigenvalue weighted by molar-refractivity contribution is 6.13. The van der Waals surface area contributed by atoms with Crippen LogP contribution in [0.1, 0.15) is 42.0 Å². The predicted molar refractivity (Wildman–Crippen MR) is 145 cm³/mol. The van der Waals surface area contributed by atoms with E-state index in [0.717, 1.165) is 27.6 Å². The Morgan fingerprint density at radius 2 is 1.82 bits per heavy atom. The van der Waals surface area contributed by atoms with Crippen molar-refractivity contribution in [1.29, 1.82) is 0 Å². The maximum atomic E-state index is 13.6. The number of carboxylic acids is 1. The lowest BCUT2D eigenvalue weighted by atomic mass is 9.90. The summed E-state index contributed by atoms with van der Waals surface area (Å²) in [6.45, 7) is 1.99. The molecule has 192 valence electrons. The minimum Gasteiger partial charge on any atom is -0.497 e. The first-order valence-electron chi connectivity index (χ1n) is 12.3. The number of aromatic nitrogens is 1. The van der Waals surface area contributed by atoms with Gasteiger partial charge in [-0.2, -0.15) is 5.10 Å². The molecule has 0 saturated carbocycles. The molecule has 0 aliphatic carbocycles. The van der Waals surface area contributed by atoms with Crippen LogP contribution >= 0.6 is 0 Å². The van der Waals surface area contributed by atoms with Crippen LogP contribution in [0.25, 0.3) is 22.0 Å². The molecule has 1 aliphatic rings. The Hall–Kier alpha value is -4.72. The van der Waals surface area contributed by atoms with Gasteiger partial charge in [0.05, 0.1) is 30.8 Å². The van der Waals surface area contributed by atoms with Gasteiger partial charge in [0.15, 0.2) is 0 Å². The number of amides is 1. The van der Waals surface area contributed by atoms with Gasteiger partial charge in [0.25, 0.3) is 5.56 Å². The number of aromatic amines is 1. The summed E-state index contributed by atoms with van der Waals surface area (Å²) in [7, 11) is 1.56. The molecular formula is C30H27N3O5. The number of fused-ring (bicyclic) bond motifs is 1. The van der Waals surface area contributed by atoms with Crippen molar-refractivity contribution in [3.05, 3.63) is 99.8 Å². The largest absolute Gasteiger partial charge is 0.497 e. The zero-order valence-corrected chi connectivity index (χ0v) is 21.1. The van der Waals surface area contributed by atoms with E-state index in [1.807, 2.05) is 73.7 Å². The zero-order valence-electron chi connectivity index (χ0n) is 21.1. The van der Waals surface area contributed by atoms with Crippen LogP contribution in [0.15, 0.2) is 82.7 Å². The first kappa shape index (κ1) is 25.0. The number of methoxy groups -OCH3 is 1. The molecule has 2 N–H and O–H groups in total. The fourth-order valence-electron chi connectivity index (χ4n) is 4.92. The van der Waals surface area contributed by atoms with Crippen LogP contribution in [0.3, 0.4) is 0 Å². The summed E-state index contributed by atoms with van der Waals surface area (Å²) < 4.78 is 5.38. The molecule has 2 heterocycles. The van der Waals surface area contributed by atoms with Crippen LogP contribution < -0.4 is 10.3 Å². The van der Waals surface area contributed by atoms with Crippen LogP contribution in [0.2, 0.25) is 0 Å². The van der Waals surface area contributed by atoms with Crippen molar-refractivity contribution in [3.8, 4) is 16.9 Å². The minimum absolute atomic E-state index is 0.203. The fraction of sp³-hybridized carbons (Fsp3) is 0.200. The van der Waals surface area contributed by atoms with Crippen molar-refractivity contribution >= 4 is 28.5 Å². The summed E-state index contributed by atoms with van der Waals surface area (Å²) in [4.78, 5) is 41.0. The van der Waals surface area contributed by atoms with Gasteiger partial charge in [0, 0.05) is 29.3 Å². The summed E-state index contributed by atoms with van der Waals surface area (Å²) in [5.74, 6) is -0.866. The molecule has 0 unspecified atom stereocenters. The third-order valence-electron chi connectivity index (χ3n) is 6.72. The summed E-state index contributed by atoms with van der Waals surface area (Å²) in [6, 6.07) is 22.3. The van der Waals surface area contributed by atoms with Gasteiger partial charge in [-0.25, -0.2) is 5.01 Å². The lowest BCUT2D eigenvalue weighted by Crippen LogP contribution is -2.27. The number of carbonyl (C=O) groups excluding carboxylic acids is 1. The highest BCUT2D eigenvalue weighted by atomic mass is 16.5. The Bertz CT molecular complexity index is 1620. The highest BCUT2D eigenvalue weighted by Gasteiger charge is 2.35. The second kappa shape index (κ2) is 10.3. The number of nitrogens with one attached hydrogen (secondary N) is 1. The second-order valence-electron chi connectivity index (χ2n) is 9.29. The molecule has 5 rings (SSSR count). The van der Waals surface area contributed by atoms with E-state index in [4.69, 9.17) is 9.84 Å². The number of hydrazone groups is 1. The number of carboxylic acid groups (broad SMARTS) is 1. The van der Waals surface area contributed by atoms with Gasteiger partial charge in [-0.1, -0.05) is 54.1 Å². The Kier molecular flexibility index (Phi) is 6.79. The van der Waals surface area contributed by atoms with Crippen LogP contribution in [-0.4, -0.2) is 39.8 Å². The summed E-state index contributed by atoms with van der Waals surface area (Å²) >= 11 is 0. The quantitative estimate of drug-likeness (QED) is 0.362. The van der Waals surface area contributed by atoms with Crippen molar-refractivity contribution in [3.63, 3.8) is 0 Å².